The smallest absolute Gasteiger partial charge is 0.331 e. The summed E-state index contributed by atoms with van der Waals surface area (Å²) in [5.74, 6) is -2.07. The molecule has 4 rings (SSSR count). The van der Waals surface area contributed by atoms with Gasteiger partial charge in [-0.15, -0.1) is 11.3 Å². The minimum absolute atomic E-state index is 0.149. The van der Waals surface area contributed by atoms with E-state index in [4.69, 9.17) is 4.74 Å². The number of carbonyl (C=O) groups is 3. The van der Waals surface area contributed by atoms with Crippen LogP contribution >= 0.6 is 11.3 Å². The number of carbonyl (C=O) groups excluding carboxylic acids is 3. The van der Waals surface area contributed by atoms with Crippen LogP contribution in [0.3, 0.4) is 0 Å². The minimum atomic E-state index is -3.70. The summed E-state index contributed by atoms with van der Waals surface area (Å²) in [6.07, 6.45) is 3.23. The number of imide groups is 1. The molecule has 1 N–H and O–H groups in total. The first kappa shape index (κ1) is 23.4. The SMILES string of the molecule is O=C(COC(=O)/C=C/c1ccc(S(=O)(=O)N2CCc3ccccc32)cc1)NC(=O)c1cccs1. The molecule has 0 saturated heterocycles. The second kappa shape index (κ2) is 10.0. The number of thiophene rings is 1. The molecule has 0 atom stereocenters. The lowest BCUT2D eigenvalue weighted by atomic mass is 10.2. The van der Waals surface area contributed by atoms with Crippen molar-refractivity contribution in [1.29, 1.82) is 0 Å². The summed E-state index contributed by atoms with van der Waals surface area (Å²) in [6, 6.07) is 16.8. The van der Waals surface area contributed by atoms with Crippen LogP contribution in [0.1, 0.15) is 20.8 Å². The Morgan fingerprint density at radius 3 is 2.53 bits per heavy atom. The first-order valence-corrected chi connectivity index (χ1v) is 12.6. The molecule has 2 aromatic carbocycles. The Morgan fingerprint density at radius 2 is 1.79 bits per heavy atom. The van der Waals surface area contributed by atoms with Gasteiger partial charge in [0, 0.05) is 12.6 Å². The second-order valence-corrected chi connectivity index (χ2v) is 10.1. The van der Waals surface area contributed by atoms with Gasteiger partial charge >= 0.3 is 5.97 Å². The zero-order chi connectivity index (χ0) is 24.1. The molecular weight excluding hydrogens is 476 g/mol. The molecule has 0 radical (unpaired) electrons. The van der Waals surface area contributed by atoms with Gasteiger partial charge in [0.05, 0.1) is 15.5 Å². The number of hydrogen-bond donors (Lipinski definition) is 1. The van der Waals surface area contributed by atoms with Crippen LogP contribution in [0.15, 0.2) is 77.0 Å². The van der Waals surface area contributed by atoms with E-state index in [1.54, 1.807) is 35.7 Å². The van der Waals surface area contributed by atoms with Crippen LogP contribution in [0, 0.1) is 0 Å². The third-order valence-electron chi connectivity index (χ3n) is 5.07. The Kier molecular flexibility index (Phi) is 6.90. The molecule has 10 heteroatoms. The molecule has 1 aliphatic rings. The molecule has 1 aromatic heterocycles. The number of fused-ring (bicyclic) bond motifs is 1. The number of ether oxygens (including phenoxy) is 1. The summed E-state index contributed by atoms with van der Waals surface area (Å²) in [5, 5.41) is 3.84. The fourth-order valence-electron chi connectivity index (χ4n) is 3.42. The van der Waals surface area contributed by atoms with Crippen LogP contribution in [-0.4, -0.2) is 39.4 Å². The van der Waals surface area contributed by atoms with Crippen molar-refractivity contribution in [2.45, 2.75) is 11.3 Å². The lowest BCUT2D eigenvalue weighted by molar-refractivity contribution is -0.143. The number of benzene rings is 2. The molecule has 174 valence electrons. The van der Waals surface area contributed by atoms with Gasteiger partial charge in [0.15, 0.2) is 6.61 Å². The Bertz CT molecular complexity index is 1350. The molecule has 0 aliphatic carbocycles. The van der Waals surface area contributed by atoms with E-state index in [1.807, 2.05) is 18.2 Å². The number of esters is 1. The van der Waals surface area contributed by atoms with Crippen LogP contribution < -0.4 is 9.62 Å². The van der Waals surface area contributed by atoms with Crippen molar-refractivity contribution in [2.24, 2.45) is 0 Å². The van der Waals surface area contributed by atoms with Gasteiger partial charge in [0.1, 0.15) is 0 Å². The molecule has 2 heterocycles. The molecule has 0 saturated carbocycles. The molecule has 0 unspecified atom stereocenters. The summed E-state index contributed by atoms with van der Waals surface area (Å²) in [4.78, 5) is 35.9. The first-order chi connectivity index (χ1) is 16.3. The van der Waals surface area contributed by atoms with E-state index < -0.39 is 34.4 Å². The molecule has 0 spiro atoms. The van der Waals surface area contributed by atoms with E-state index in [0.29, 0.717) is 29.1 Å². The van der Waals surface area contributed by atoms with E-state index in [2.05, 4.69) is 5.32 Å². The number of para-hydroxylation sites is 1. The topological polar surface area (TPSA) is 110 Å². The monoisotopic (exact) mass is 496 g/mol. The number of nitrogens with zero attached hydrogens (tertiary/aromatic N) is 1. The van der Waals surface area contributed by atoms with Crippen molar-refractivity contribution < 1.29 is 27.5 Å². The van der Waals surface area contributed by atoms with Crippen LogP contribution in [0.5, 0.6) is 0 Å². The maximum absolute atomic E-state index is 13.0. The number of nitrogens with one attached hydrogen (secondary N) is 1. The molecular formula is C24H20N2O6S2. The third kappa shape index (κ3) is 5.24. The van der Waals surface area contributed by atoms with Crippen molar-refractivity contribution >= 4 is 50.9 Å². The van der Waals surface area contributed by atoms with Gasteiger partial charge in [-0.05, 0) is 53.3 Å². The van der Waals surface area contributed by atoms with Gasteiger partial charge in [-0.25, -0.2) is 13.2 Å². The van der Waals surface area contributed by atoms with E-state index >= 15 is 0 Å². The summed E-state index contributed by atoms with van der Waals surface area (Å²) >= 11 is 1.19. The van der Waals surface area contributed by atoms with E-state index in [9.17, 15) is 22.8 Å². The van der Waals surface area contributed by atoms with Crippen molar-refractivity contribution in [2.75, 3.05) is 17.5 Å². The molecule has 8 nitrogen and oxygen atoms in total. The standard InChI is InChI=1S/C24H20N2O6S2/c27-22(25-24(29)21-6-3-15-33-21)16-32-23(28)12-9-17-7-10-19(11-8-17)34(30,31)26-14-13-18-4-1-2-5-20(18)26/h1-12,15H,13-14,16H2,(H,25,27,29)/b12-9+. The first-order valence-electron chi connectivity index (χ1n) is 10.3. The van der Waals surface area contributed by atoms with Crippen molar-refractivity contribution in [3.8, 4) is 0 Å². The highest BCUT2D eigenvalue weighted by Gasteiger charge is 2.30. The van der Waals surface area contributed by atoms with Crippen LogP contribution in [0.4, 0.5) is 5.69 Å². The lowest BCUT2D eigenvalue weighted by Crippen LogP contribution is -2.33. The normalized spacial score (nSPS) is 13.0. The molecule has 2 amide bonds. The van der Waals surface area contributed by atoms with Gasteiger partial charge in [-0.2, -0.15) is 0 Å². The number of rotatable bonds is 7. The van der Waals surface area contributed by atoms with Crippen molar-refractivity contribution in [3.05, 3.63) is 88.1 Å². The Labute approximate surface area is 200 Å². The molecule has 3 aromatic rings. The van der Waals surface area contributed by atoms with Crippen LogP contribution in [-0.2, 0) is 30.8 Å². The quantitative estimate of drug-likeness (QED) is 0.398. The van der Waals surface area contributed by atoms with E-state index in [1.165, 1.54) is 33.9 Å². The van der Waals surface area contributed by atoms with Gasteiger partial charge in [0.25, 0.3) is 21.8 Å². The summed E-state index contributed by atoms with van der Waals surface area (Å²) in [5.41, 5.74) is 2.26. The van der Waals surface area contributed by atoms with Crippen LogP contribution in [0.2, 0.25) is 0 Å². The van der Waals surface area contributed by atoms with Gasteiger partial charge in [0.2, 0.25) is 0 Å². The van der Waals surface area contributed by atoms with Crippen molar-refractivity contribution in [1.82, 2.24) is 5.32 Å². The van der Waals surface area contributed by atoms with E-state index in [-0.39, 0.29) is 4.90 Å². The Balaban J connectivity index is 1.32. The third-order valence-corrected chi connectivity index (χ3v) is 7.76. The predicted octanol–water partition coefficient (Wildman–Crippen LogP) is 3.01. The zero-order valence-corrected chi connectivity index (χ0v) is 19.5. The fourth-order valence-corrected chi connectivity index (χ4v) is 5.54. The second-order valence-electron chi connectivity index (χ2n) is 7.32. The zero-order valence-electron chi connectivity index (χ0n) is 17.8. The lowest BCUT2D eigenvalue weighted by Gasteiger charge is -2.19. The highest BCUT2D eigenvalue weighted by Crippen LogP contribution is 2.32. The fraction of sp³-hybridized carbons (Fsp3) is 0.125. The van der Waals surface area contributed by atoms with E-state index in [0.717, 1.165) is 11.6 Å². The van der Waals surface area contributed by atoms with Gasteiger partial charge < -0.3 is 4.74 Å². The number of amides is 2. The minimum Gasteiger partial charge on any atom is -0.452 e. The molecule has 0 bridgehead atoms. The average molecular weight is 497 g/mol. The highest BCUT2D eigenvalue weighted by atomic mass is 32.2. The summed E-state index contributed by atoms with van der Waals surface area (Å²) in [7, 11) is -3.70. The number of sulfonamides is 1. The maximum Gasteiger partial charge on any atom is 0.331 e. The number of anilines is 1. The Morgan fingerprint density at radius 1 is 1.03 bits per heavy atom. The van der Waals surface area contributed by atoms with Crippen LogP contribution in [0.25, 0.3) is 6.08 Å². The molecule has 1 aliphatic heterocycles. The van der Waals surface area contributed by atoms with Gasteiger partial charge in [-0.3, -0.25) is 19.2 Å². The summed E-state index contributed by atoms with van der Waals surface area (Å²) < 4.78 is 32.3. The van der Waals surface area contributed by atoms with Gasteiger partial charge in [-0.1, -0.05) is 36.4 Å². The largest absolute Gasteiger partial charge is 0.452 e. The molecule has 34 heavy (non-hydrogen) atoms. The highest BCUT2D eigenvalue weighted by molar-refractivity contribution is 7.92. The predicted molar refractivity (Wildman–Crippen MR) is 128 cm³/mol. The summed E-state index contributed by atoms with van der Waals surface area (Å²) in [6.45, 7) is -0.212. The van der Waals surface area contributed by atoms with Crippen molar-refractivity contribution in [3.63, 3.8) is 0 Å². The average Bonchev–Trinajstić information content (AvgIpc) is 3.52. The molecule has 0 fully saturated rings. The number of hydrogen-bond acceptors (Lipinski definition) is 7. The maximum atomic E-state index is 13.0. The Hall–Kier alpha value is -3.76.